The minimum absolute atomic E-state index is 0.243. The summed E-state index contributed by atoms with van der Waals surface area (Å²) in [4.78, 5) is 4.33. The Morgan fingerprint density at radius 1 is 1.24 bits per heavy atom. The molecule has 0 aliphatic heterocycles. The first-order chi connectivity index (χ1) is 11.7. The van der Waals surface area contributed by atoms with Crippen molar-refractivity contribution in [1.82, 2.24) is 4.98 Å². The molecule has 1 saturated carbocycles. The van der Waals surface area contributed by atoms with Gasteiger partial charge in [0.05, 0.1) is 22.4 Å². The van der Waals surface area contributed by atoms with Crippen molar-refractivity contribution in [2.75, 3.05) is 5.32 Å². The molecule has 1 aromatic carbocycles. The summed E-state index contributed by atoms with van der Waals surface area (Å²) < 4.78 is 8.50. The van der Waals surface area contributed by atoms with Crippen molar-refractivity contribution in [3.05, 3.63) is 22.7 Å². The molecule has 0 spiro atoms. The predicted octanol–water partition coefficient (Wildman–Crippen LogP) is 6.69. The van der Waals surface area contributed by atoms with E-state index in [1.807, 2.05) is 6.07 Å². The van der Waals surface area contributed by atoms with Gasteiger partial charge in [0.1, 0.15) is 0 Å². The van der Waals surface area contributed by atoms with E-state index >= 15 is 0 Å². The van der Waals surface area contributed by atoms with Crippen LogP contribution in [0.2, 0.25) is 22.6 Å². The van der Waals surface area contributed by atoms with Crippen LogP contribution in [-0.2, 0) is 4.43 Å². The molecule has 6 heteroatoms. The van der Waals surface area contributed by atoms with E-state index in [0.29, 0.717) is 16.6 Å². The molecular formula is C19H29ClN2OSSi. The summed E-state index contributed by atoms with van der Waals surface area (Å²) in [5.41, 5.74) is 2.11. The number of benzene rings is 1. The third-order valence-corrected chi connectivity index (χ3v) is 11.3. The highest BCUT2D eigenvalue weighted by molar-refractivity contribution is 7.22. The van der Waals surface area contributed by atoms with Gasteiger partial charge in [0.2, 0.25) is 0 Å². The molecule has 0 unspecified atom stereocenters. The number of anilines is 1. The van der Waals surface area contributed by atoms with Crippen molar-refractivity contribution in [2.24, 2.45) is 0 Å². The highest BCUT2D eigenvalue weighted by atomic mass is 35.5. The lowest BCUT2D eigenvalue weighted by molar-refractivity contribution is 0.124. The lowest BCUT2D eigenvalue weighted by Gasteiger charge is -2.43. The molecule has 1 aliphatic carbocycles. The molecule has 2 aromatic rings. The van der Waals surface area contributed by atoms with E-state index in [-0.39, 0.29) is 5.04 Å². The number of halogens is 1. The molecule has 3 rings (SSSR count). The maximum atomic E-state index is 6.77. The Kier molecular flexibility index (Phi) is 5.50. The van der Waals surface area contributed by atoms with Crippen molar-refractivity contribution >= 4 is 47.2 Å². The van der Waals surface area contributed by atoms with Crippen LogP contribution < -0.4 is 5.32 Å². The van der Waals surface area contributed by atoms with E-state index in [1.54, 1.807) is 0 Å². The average molecular weight is 397 g/mol. The van der Waals surface area contributed by atoms with Crippen LogP contribution in [0.25, 0.3) is 10.2 Å². The fourth-order valence-corrected chi connectivity index (χ4v) is 5.62. The number of fused-ring (bicyclic) bond motifs is 1. The van der Waals surface area contributed by atoms with Crippen LogP contribution in [0.15, 0.2) is 18.2 Å². The highest BCUT2D eigenvalue weighted by Crippen LogP contribution is 2.39. The van der Waals surface area contributed by atoms with Crippen LogP contribution in [0.5, 0.6) is 0 Å². The molecule has 1 heterocycles. The van der Waals surface area contributed by atoms with Gasteiger partial charge >= 0.3 is 0 Å². The Morgan fingerprint density at radius 2 is 1.96 bits per heavy atom. The number of thiazole rings is 1. The second-order valence-corrected chi connectivity index (χ2v) is 15.0. The van der Waals surface area contributed by atoms with Crippen LogP contribution in [0, 0.1) is 0 Å². The summed E-state index contributed by atoms with van der Waals surface area (Å²) in [5, 5.41) is 3.98. The number of hydrogen-bond acceptors (Lipinski definition) is 4. The van der Waals surface area contributed by atoms with Gasteiger partial charge in [-0.25, -0.2) is 4.98 Å². The lowest BCUT2D eigenvalue weighted by Crippen LogP contribution is -2.49. The zero-order chi connectivity index (χ0) is 18.2. The first-order valence-electron chi connectivity index (χ1n) is 9.16. The fraction of sp³-hybridized carbons (Fsp3) is 0.632. The lowest BCUT2D eigenvalue weighted by atomic mass is 9.92. The van der Waals surface area contributed by atoms with Crippen LogP contribution >= 0.6 is 22.9 Å². The van der Waals surface area contributed by atoms with Crippen molar-refractivity contribution in [3.8, 4) is 0 Å². The van der Waals surface area contributed by atoms with Crippen LogP contribution in [0.4, 0.5) is 5.69 Å². The minimum Gasteiger partial charge on any atom is -0.412 e. The summed E-state index contributed by atoms with van der Waals surface area (Å²) in [7, 11) is -1.76. The van der Waals surface area contributed by atoms with Crippen LogP contribution in [0.3, 0.4) is 0 Å². The van der Waals surface area contributed by atoms with Gasteiger partial charge in [-0.3, -0.25) is 0 Å². The Bertz CT molecular complexity index is 741. The summed E-state index contributed by atoms with van der Waals surface area (Å²) in [5.74, 6) is 0. The standard InChI is InChI=1S/C19H29ClN2OSSi/c1-19(2,3)25(4,5)23-16-9-7-6-8-14(16)21-13-10-11-15-17(12-13)24-18(20)22-15/h10-12,14,16,21H,6-9H2,1-5H3/t14-,16-/m1/s1. The second kappa shape index (κ2) is 7.18. The molecule has 0 bridgehead atoms. The van der Waals surface area contributed by atoms with Crippen molar-refractivity contribution < 1.29 is 4.43 Å². The van der Waals surface area contributed by atoms with Crippen molar-refractivity contribution in [2.45, 2.75) is 76.7 Å². The molecule has 1 aliphatic rings. The highest BCUT2D eigenvalue weighted by Gasteiger charge is 2.41. The van der Waals surface area contributed by atoms with E-state index in [0.717, 1.165) is 22.3 Å². The molecule has 1 N–H and O–H groups in total. The van der Waals surface area contributed by atoms with Gasteiger partial charge in [-0.15, -0.1) is 11.3 Å². The third-order valence-electron chi connectivity index (χ3n) is 5.67. The van der Waals surface area contributed by atoms with E-state index in [9.17, 15) is 0 Å². The van der Waals surface area contributed by atoms with Crippen LogP contribution in [0.1, 0.15) is 46.5 Å². The van der Waals surface area contributed by atoms with Crippen LogP contribution in [-0.4, -0.2) is 25.4 Å². The third kappa shape index (κ3) is 4.38. The first-order valence-corrected chi connectivity index (χ1v) is 13.3. The second-order valence-electron chi connectivity index (χ2n) is 8.60. The minimum atomic E-state index is -1.76. The number of nitrogens with zero attached hydrogens (tertiary/aromatic N) is 1. The maximum Gasteiger partial charge on any atom is 0.192 e. The zero-order valence-electron chi connectivity index (χ0n) is 15.9. The number of aromatic nitrogens is 1. The smallest absolute Gasteiger partial charge is 0.192 e. The van der Waals surface area contributed by atoms with E-state index in [4.69, 9.17) is 16.0 Å². The average Bonchev–Trinajstić information content (AvgIpc) is 2.87. The van der Waals surface area contributed by atoms with E-state index < -0.39 is 8.32 Å². The summed E-state index contributed by atoms with van der Waals surface area (Å²) in [6, 6.07) is 6.70. The van der Waals surface area contributed by atoms with E-state index in [1.165, 1.54) is 30.6 Å². The van der Waals surface area contributed by atoms with Gasteiger partial charge in [-0.2, -0.15) is 0 Å². The van der Waals surface area contributed by atoms with Gasteiger partial charge in [-0.1, -0.05) is 45.2 Å². The van der Waals surface area contributed by atoms with Crippen molar-refractivity contribution in [1.29, 1.82) is 0 Å². The Labute approximate surface area is 161 Å². The molecule has 2 atom stereocenters. The van der Waals surface area contributed by atoms with Gasteiger partial charge in [0.15, 0.2) is 12.8 Å². The molecule has 1 fully saturated rings. The van der Waals surface area contributed by atoms with Gasteiger partial charge in [0.25, 0.3) is 0 Å². The van der Waals surface area contributed by atoms with Gasteiger partial charge in [0, 0.05) is 5.69 Å². The SMILES string of the molecule is CC(C)(C)[Si](C)(C)O[C@@H]1CCCC[C@H]1Nc1ccc2nc(Cl)sc2c1. The molecule has 1 aromatic heterocycles. The quantitative estimate of drug-likeness (QED) is 0.584. The van der Waals surface area contributed by atoms with Crippen molar-refractivity contribution in [3.63, 3.8) is 0 Å². The summed E-state index contributed by atoms with van der Waals surface area (Å²) in [6.07, 6.45) is 5.15. The molecule has 3 nitrogen and oxygen atoms in total. The normalized spacial score (nSPS) is 22.3. The number of hydrogen-bond donors (Lipinski definition) is 1. The molecular weight excluding hydrogens is 368 g/mol. The topological polar surface area (TPSA) is 34.1 Å². The molecule has 25 heavy (non-hydrogen) atoms. The van der Waals surface area contributed by atoms with E-state index in [2.05, 4.69) is 56.3 Å². The number of rotatable bonds is 4. The molecule has 0 amide bonds. The molecule has 0 radical (unpaired) electrons. The first kappa shape index (κ1) is 19.1. The Hall–Kier alpha value is -0.623. The Morgan fingerprint density at radius 3 is 2.68 bits per heavy atom. The monoisotopic (exact) mass is 396 g/mol. The number of nitrogens with one attached hydrogen (secondary N) is 1. The summed E-state index contributed by atoms with van der Waals surface area (Å²) in [6.45, 7) is 11.6. The van der Waals surface area contributed by atoms with Gasteiger partial charge in [-0.05, 0) is 49.2 Å². The predicted molar refractivity (Wildman–Crippen MR) is 113 cm³/mol. The fourth-order valence-electron chi connectivity index (χ4n) is 3.16. The maximum absolute atomic E-state index is 6.77. The molecule has 0 saturated heterocycles. The van der Waals surface area contributed by atoms with Gasteiger partial charge < -0.3 is 9.74 Å². The summed E-state index contributed by atoms with van der Waals surface area (Å²) >= 11 is 7.57. The Balaban J connectivity index is 1.76. The largest absolute Gasteiger partial charge is 0.412 e. The molecule has 138 valence electrons. The zero-order valence-corrected chi connectivity index (χ0v) is 18.4.